The van der Waals surface area contributed by atoms with Crippen molar-refractivity contribution >= 4 is 21.8 Å². The Morgan fingerprint density at radius 2 is 1.84 bits per heavy atom. The molecule has 2 rings (SSSR count). The first-order valence-corrected chi connectivity index (χ1v) is 12.3. The van der Waals surface area contributed by atoms with Crippen LogP contribution in [-0.4, -0.2) is 55.5 Å². The molecule has 182 valence electrons. The largest absolute Gasteiger partial charge is 0.399 e. The topological polar surface area (TPSA) is 122 Å². The van der Waals surface area contributed by atoms with Crippen LogP contribution in [0, 0.1) is 6.92 Å². The van der Waals surface area contributed by atoms with Crippen molar-refractivity contribution in [3.63, 3.8) is 0 Å². The number of rotatable bonds is 9. The summed E-state index contributed by atoms with van der Waals surface area (Å²) >= 11 is 0. The summed E-state index contributed by atoms with van der Waals surface area (Å²) in [6.07, 6.45) is 3.25. The molecule has 1 aliphatic heterocycles. The molecule has 31 heavy (non-hydrogen) atoms. The van der Waals surface area contributed by atoms with Gasteiger partial charge in [-0.25, -0.2) is 0 Å². The van der Waals surface area contributed by atoms with E-state index in [1.807, 2.05) is 0 Å². The van der Waals surface area contributed by atoms with Gasteiger partial charge in [0, 0.05) is 38.1 Å². The number of nitrogens with two attached hydrogens (primary N) is 1. The SMILES string of the molecule is CCCOCC(CN1c2cc(C)c(N)cc2C(C)CC1(C)C)OCCC.O=S(=O)(O)O.[HH]. The number of benzene rings is 1. The number of fused-ring (bicyclic) bond motifs is 1. The van der Waals surface area contributed by atoms with E-state index < -0.39 is 10.4 Å². The molecular formula is C22H42N2O6S. The highest BCUT2D eigenvalue weighted by molar-refractivity contribution is 7.79. The summed E-state index contributed by atoms with van der Waals surface area (Å²) in [6, 6.07) is 4.43. The average molecular weight is 463 g/mol. The Morgan fingerprint density at radius 1 is 1.26 bits per heavy atom. The minimum absolute atomic E-state index is 0. The van der Waals surface area contributed by atoms with E-state index in [9.17, 15) is 0 Å². The van der Waals surface area contributed by atoms with E-state index in [1.165, 1.54) is 11.3 Å². The number of hydrogen-bond acceptors (Lipinski definition) is 6. The Balaban J connectivity index is 0.00000144. The van der Waals surface area contributed by atoms with Crippen molar-refractivity contribution in [3.8, 4) is 0 Å². The zero-order chi connectivity index (χ0) is 23.8. The predicted octanol–water partition coefficient (Wildman–Crippen LogP) is 4.48. The molecule has 0 bridgehead atoms. The second kappa shape index (κ2) is 12.0. The van der Waals surface area contributed by atoms with Gasteiger partial charge in [-0.15, -0.1) is 0 Å². The lowest BCUT2D eigenvalue weighted by atomic mass is 9.79. The molecule has 1 aromatic rings. The molecule has 0 amide bonds. The van der Waals surface area contributed by atoms with Crippen molar-refractivity contribution in [2.75, 3.05) is 37.0 Å². The highest BCUT2D eigenvalue weighted by Crippen LogP contribution is 2.44. The molecule has 0 saturated heterocycles. The van der Waals surface area contributed by atoms with Crippen molar-refractivity contribution in [1.29, 1.82) is 0 Å². The Kier molecular flexibility index (Phi) is 10.7. The molecule has 1 aromatic carbocycles. The molecule has 8 nitrogen and oxygen atoms in total. The van der Waals surface area contributed by atoms with Crippen LogP contribution in [0.2, 0.25) is 0 Å². The monoisotopic (exact) mass is 462 g/mol. The lowest BCUT2D eigenvalue weighted by molar-refractivity contribution is -0.0141. The van der Waals surface area contributed by atoms with Crippen LogP contribution in [0.3, 0.4) is 0 Å². The highest BCUT2D eigenvalue weighted by Gasteiger charge is 2.37. The van der Waals surface area contributed by atoms with Crippen LogP contribution in [0.4, 0.5) is 11.4 Å². The molecule has 1 aliphatic rings. The van der Waals surface area contributed by atoms with Crippen molar-refractivity contribution in [2.45, 2.75) is 78.4 Å². The lowest BCUT2D eigenvalue weighted by Gasteiger charge is -2.49. The number of anilines is 2. The normalized spacial score (nSPS) is 18.7. The van der Waals surface area contributed by atoms with E-state index in [4.69, 9.17) is 32.7 Å². The summed E-state index contributed by atoms with van der Waals surface area (Å²) in [5.41, 5.74) is 11.0. The maximum absolute atomic E-state index is 8.74. The second-order valence-electron chi connectivity index (χ2n) is 8.81. The first kappa shape index (κ1) is 27.6. The number of nitrogens with zero attached hydrogens (tertiary/aromatic N) is 1. The van der Waals surface area contributed by atoms with Gasteiger partial charge in [-0.3, -0.25) is 9.11 Å². The third-order valence-corrected chi connectivity index (χ3v) is 5.37. The van der Waals surface area contributed by atoms with Crippen molar-refractivity contribution in [3.05, 3.63) is 23.3 Å². The third kappa shape index (κ3) is 9.33. The van der Waals surface area contributed by atoms with Gasteiger partial charge in [0.2, 0.25) is 0 Å². The Morgan fingerprint density at radius 3 is 2.39 bits per heavy atom. The summed E-state index contributed by atoms with van der Waals surface area (Å²) in [6.45, 7) is 16.4. The number of nitrogen functional groups attached to an aromatic ring is 1. The van der Waals surface area contributed by atoms with Gasteiger partial charge in [-0.2, -0.15) is 8.42 Å². The van der Waals surface area contributed by atoms with Crippen LogP contribution in [-0.2, 0) is 19.9 Å². The van der Waals surface area contributed by atoms with Crippen LogP contribution < -0.4 is 10.6 Å². The molecule has 1 heterocycles. The fraction of sp³-hybridized carbons (Fsp3) is 0.727. The molecule has 0 radical (unpaired) electrons. The van der Waals surface area contributed by atoms with Crippen LogP contribution in [0.15, 0.2) is 12.1 Å². The molecule has 0 aromatic heterocycles. The minimum atomic E-state index is -4.67. The zero-order valence-electron chi connectivity index (χ0n) is 19.7. The maximum Gasteiger partial charge on any atom is 0.394 e. The van der Waals surface area contributed by atoms with Gasteiger partial charge >= 0.3 is 10.4 Å². The molecule has 2 unspecified atom stereocenters. The summed E-state index contributed by atoms with van der Waals surface area (Å²) in [4.78, 5) is 2.52. The minimum Gasteiger partial charge on any atom is -0.399 e. The third-order valence-electron chi connectivity index (χ3n) is 5.37. The Bertz CT molecular complexity index is 796. The van der Waals surface area contributed by atoms with E-state index in [2.05, 4.69) is 58.6 Å². The fourth-order valence-electron chi connectivity index (χ4n) is 4.00. The Hall–Kier alpha value is -1.39. The van der Waals surface area contributed by atoms with Gasteiger partial charge in [-0.1, -0.05) is 20.8 Å². The van der Waals surface area contributed by atoms with Crippen LogP contribution >= 0.6 is 0 Å². The summed E-state index contributed by atoms with van der Waals surface area (Å²) in [5.74, 6) is 0.505. The standard InChI is InChI=1S/C22H38N2O2.H2O4S.H2/c1-7-9-25-15-18(26-10-8-2)14-24-21-11-16(3)20(23)12-19(21)17(4)13-22(24,5)6;1-5(2,3)4;/h11-12,17-18H,7-10,13-15,23H2,1-6H3;(H2,1,2,3,4);1H. The number of ether oxygens (including phenoxy) is 2. The van der Waals surface area contributed by atoms with E-state index in [-0.39, 0.29) is 13.1 Å². The summed E-state index contributed by atoms with van der Waals surface area (Å²) < 4.78 is 43.6. The molecule has 4 N–H and O–H groups in total. The van der Waals surface area contributed by atoms with E-state index >= 15 is 0 Å². The van der Waals surface area contributed by atoms with Gasteiger partial charge in [-0.05, 0) is 69.2 Å². The van der Waals surface area contributed by atoms with Gasteiger partial charge in [0.05, 0.1) is 12.7 Å². The van der Waals surface area contributed by atoms with Crippen LogP contribution in [0.1, 0.15) is 72.4 Å². The smallest absolute Gasteiger partial charge is 0.394 e. The molecule has 0 aliphatic carbocycles. The number of hydrogen-bond donors (Lipinski definition) is 3. The summed E-state index contributed by atoms with van der Waals surface area (Å²) in [5, 5.41) is 0. The Labute approximate surface area is 189 Å². The van der Waals surface area contributed by atoms with E-state index in [0.717, 1.165) is 50.3 Å². The molecule has 0 spiro atoms. The van der Waals surface area contributed by atoms with Crippen LogP contribution in [0.5, 0.6) is 0 Å². The maximum atomic E-state index is 8.74. The van der Waals surface area contributed by atoms with Crippen molar-refractivity contribution < 1.29 is 28.4 Å². The average Bonchev–Trinajstić information content (AvgIpc) is 2.62. The molecule has 0 fully saturated rings. The molecule has 2 atom stereocenters. The molecule has 9 heteroatoms. The summed E-state index contributed by atoms with van der Waals surface area (Å²) in [7, 11) is -4.67. The van der Waals surface area contributed by atoms with Crippen molar-refractivity contribution in [1.82, 2.24) is 0 Å². The highest BCUT2D eigenvalue weighted by atomic mass is 32.3. The first-order valence-electron chi connectivity index (χ1n) is 10.9. The van der Waals surface area contributed by atoms with Gasteiger partial charge in [0.15, 0.2) is 0 Å². The van der Waals surface area contributed by atoms with Gasteiger partial charge in [0.1, 0.15) is 0 Å². The fourth-order valence-corrected chi connectivity index (χ4v) is 4.00. The van der Waals surface area contributed by atoms with E-state index in [0.29, 0.717) is 12.5 Å². The van der Waals surface area contributed by atoms with Gasteiger partial charge in [0.25, 0.3) is 0 Å². The van der Waals surface area contributed by atoms with Gasteiger partial charge < -0.3 is 20.1 Å². The zero-order valence-corrected chi connectivity index (χ0v) is 20.5. The first-order chi connectivity index (χ1) is 14.3. The predicted molar refractivity (Wildman–Crippen MR) is 127 cm³/mol. The van der Waals surface area contributed by atoms with E-state index in [1.54, 1.807) is 0 Å². The molecule has 0 saturated carbocycles. The molecular weight excluding hydrogens is 420 g/mol. The van der Waals surface area contributed by atoms with Crippen molar-refractivity contribution in [2.24, 2.45) is 0 Å². The second-order valence-corrected chi connectivity index (χ2v) is 9.71. The number of aryl methyl sites for hydroxylation is 1. The quantitative estimate of drug-likeness (QED) is 0.279. The van der Waals surface area contributed by atoms with Crippen LogP contribution in [0.25, 0.3) is 0 Å². The lowest BCUT2D eigenvalue weighted by Crippen LogP contribution is -2.52.